The monoisotopic (exact) mass is 419 g/mol. The first kappa shape index (κ1) is 18.8. The molecule has 30 heavy (non-hydrogen) atoms. The number of nitrogens with zero attached hydrogens (tertiary/aromatic N) is 5. The van der Waals surface area contributed by atoms with Crippen molar-refractivity contribution in [1.29, 1.82) is 0 Å². The predicted octanol–water partition coefficient (Wildman–Crippen LogP) is 3.75. The third-order valence-electron chi connectivity index (χ3n) is 5.32. The Hall–Kier alpha value is -3.20. The van der Waals surface area contributed by atoms with E-state index >= 15 is 0 Å². The van der Waals surface area contributed by atoms with Gasteiger partial charge in [-0.3, -0.25) is 4.79 Å². The molecule has 0 bridgehead atoms. The summed E-state index contributed by atoms with van der Waals surface area (Å²) < 4.78 is 1.69. The molecule has 1 aliphatic heterocycles. The second kappa shape index (κ2) is 7.24. The van der Waals surface area contributed by atoms with Gasteiger partial charge >= 0.3 is 0 Å². The van der Waals surface area contributed by atoms with Gasteiger partial charge in [-0.05, 0) is 24.0 Å². The summed E-state index contributed by atoms with van der Waals surface area (Å²) in [5.74, 6) is 1.99. The highest BCUT2D eigenvalue weighted by Crippen LogP contribution is 2.44. The van der Waals surface area contributed by atoms with E-state index in [4.69, 9.17) is 5.10 Å². The van der Waals surface area contributed by atoms with Crippen LogP contribution in [0, 0.1) is 6.92 Å². The number of amides is 1. The Morgan fingerprint density at radius 2 is 1.97 bits per heavy atom. The van der Waals surface area contributed by atoms with E-state index in [1.165, 1.54) is 11.9 Å². The molecule has 8 nitrogen and oxygen atoms in total. The first-order chi connectivity index (χ1) is 14.5. The number of thioether (sulfide) groups is 1. The molecule has 0 spiro atoms. The fourth-order valence-electron chi connectivity index (χ4n) is 3.77. The average Bonchev–Trinajstić information content (AvgIpc) is 3.29. The van der Waals surface area contributed by atoms with Crippen LogP contribution in [-0.4, -0.2) is 41.4 Å². The van der Waals surface area contributed by atoms with E-state index in [0.29, 0.717) is 34.5 Å². The first-order valence-electron chi connectivity index (χ1n) is 9.78. The normalized spacial score (nSPS) is 16.5. The molecular weight excluding hydrogens is 398 g/mol. The third-order valence-corrected chi connectivity index (χ3v) is 6.59. The number of H-pyrrole nitrogens is 1. The van der Waals surface area contributed by atoms with Crippen molar-refractivity contribution in [3.63, 3.8) is 0 Å². The quantitative estimate of drug-likeness (QED) is 0.524. The average molecular weight is 420 g/mol. The molecule has 1 aromatic carbocycles. The Bertz CT molecular complexity index is 1240. The summed E-state index contributed by atoms with van der Waals surface area (Å²) in [6.07, 6.45) is 3.03. The second-order valence-electron chi connectivity index (χ2n) is 7.62. The van der Waals surface area contributed by atoms with Crippen LogP contribution in [0.3, 0.4) is 0 Å². The minimum absolute atomic E-state index is 0.00647. The van der Waals surface area contributed by atoms with Gasteiger partial charge in [-0.1, -0.05) is 38.1 Å². The van der Waals surface area contributed by atoms with E-state index in [2.05, 4.69) is 63.4 Å². The molecule has 3 aromatic heterocycles. The largest absolute Gasteiger partial charge is 0.340 e. The molecule has 0 saturated carbocycles. The molecule has 0 saturated heterocycles. The number of anilines is 1. The van der Waals surface area contributed by atoms with Crippen LogP contribution in [0.15, 0.2) is 36.9 Å². The van der Waals surface area contributed by atoms with Crippen molar-refractivity contribution in [3.05, 3.63) is 59.3 Å². The van der Waals surface area contributed by atoms with Crippen molar-refractivity contribution < 1.29 is 4.79 Å². The van der Waals surface area contributed by atoms with Crippen LogP contribution in [0.4, 0.5) is 5.82 Å². The lowest BCUT2D eigenvalue weighted by molar-refractivity contribution is -0.113. The Kier molecular flexibility index (Phi) is 4.54. The lowest BCUT2D eigenvalue weighted by Gasteiger charge is -2.16. The van der Waals surface area contributed by atoms with Crippen LogP contribution < -0.4 is 5.32 Å². The molecule has 0 fully saturated rings. The molecule has 0 radical (unpaired) electrons. The van der Waals surface area contributed by atoms with Crippen LogP contribution >= 0.6 is 11.8 Å². The molecule has 1 unspecified atom stereocenters. The Balaban J connectivity index is 1.67. The maximum Gasteiger partial charge on any atom is 0.235 e. The number of hydrogen-bond acceptors (Lipinski definition) is 6. The molecule has 4 heterocycles. The van der Waals surface area contributed by atoms with Crippen LogP contribution in [-0.2, 0) is 4.79 Å². The van der Waals surface area contributed by atoms with Crippen molar-refractivity contribution in [2.75, 3.05) is 11.1 Å². The van der Waals surface area contributed by atoms with Crippen molar-refractivity contribution in [2.24, 2.45) is 0 Å². The van der Waals surface area contributed by atoms with Gasteiger partial charge in [0.05, 0.1) is 23.0 Å². The number of benzene rings is 1. The molecule has 9 heteroatoms. The zero-order valence-corrected chi connectivity index (χ0v) is 17.7. The number of fused-ring (bicyclic) bond motifs is 2. The van der Waals surface area contributed by atoms with Crippen molar-refractivity contribution in [2.45, 2.75) is 31.9 Å². The molecule has 152 valence electrons. The Morgan fingerprint density at radius 3 is 2.73 bits per heavy atom. The topological polar surface area (TPSA) is 101 Å². The molecule has 2 N–H and O–H groups in total. The Labute approximate surface area is 177 Å². The van der Waals surface area contributed by atoms with E-state index in [1.807, 2.05) is 6.92 Å². The van der Waals surface area contributed by atoms with Crippen LogP contribution in [0.1, 0.15) is 47.4 Å². The fraction of sp³-hybridized carbons (Fsp3) is 0.286. The van der Waals surface area contributed by atoms with Crippen molar-refractivity contribution >= 4 is 34.7 Å². The van der Waals surface area contributed by atoms with Gasteiger partial charge in [0, 0.05) is 5.56 Å². The number of imidazole rings is 1. The van der Waals surface area contributed by atoms with Gasteiger partial charge in [0.1, 0.15) is 17.7 Å². The van der Waals surface area contributed by atoms with Gasteiger partial charge in [0.25, 0.3) is 0 Å². The van der Waals surface area contributed by atoms with Gasteiger partial charge < -0.3 is 10.3 Å². The predicted molar refractivity (Wildman–Crippen MR) is 117 cm³/mol. The number of hydrogen-bond donors (Lipinski definition) is 2. The van der Waals surface area contributed by atoms with Crippen LogP contribution in [0.2, 0.25) is 0 Å². The number of nitrogens with one attached hydrogen (secondary N) is 2. The summed E-state index contributed by atoms with van der Waals surface area (Å²) in [7, 11) is 0. The molecule has 5 rings (SSSR count). The van der Waals surface area contributed by atoms with E-state index < -0.39 is 0 Å². The summed E-state index contributed by atoms with van der Waals surface area (Å²) >= 11 is 1.61. The standard InChI is InChI=1S/C21H21N7OS/c1-11(2)13-4-6-14(7-5-13)18-16-12(3)27-28(20(16)26-15(29)8-30-18)21-17-19(23-9-22-17)24-10-25-21/h4-7,9-11,18H,8H2,1-3H3,(H,26,29)(H,22,23,24,25). The number of carbonyl (C=O) groups excluding carboxylic acids is 1. The number of aromatic amines is 1. The van der Waals surface area contributed by atoms with E-state index in [1.54, 1.807) is 22.8 Å². The first-order valence-corrected chi connectivity index (χ1v) is 10.8. The van der Waals surface area contributed by atoms with E-state index in [9.17, 15) is 4.79 Å². The van der Waals surface area contributed by atoms with E-state index in [-0.39, 0.29) is 11.2 Å². The van der Waals surface area contributed by atoms with Gasteiger partial charge in [-0.2, -0.15) is 9.78 Å². The maximum absolute atomic E-state index is 12.5. The highest BCUT2D eigenvalue weighted by Gasteiger charge is 2.31. The van der Waals surface area contributed by atoms with Gasteiger partial charge in [-0.15, -0.1) is 11.8 Å². The lowest BCUT2D eigenvalue weighted by Crippen LogP contribution is -2.16. The number of carbonyl (C=O) groups is 1. The second-order valence-corrected chi connectivity index (χ2v) is 8.71. The maximum atomic E-state index is 12.5. The highest BCUT2D eigenvalue weighted by atomic mass is 32.2. The van der Waals surface area contributed by atoms with E-state index in [0.717, 1.165) is 16.8 Å². The molecule has 4 aromatic rings. The van der Waals surface area contributed by atoms with Gasteiger partial charge in [0.15, 0.2) is 11.5 Å². The SMILES string of the molecule is Cc1nn(-c2ncnc3nc[nH]c23)c2c1C(c1ccc(C(C)C)cc1)SCC(=O)N2. The highest BCUT2D eigenvalue weighted by molar-refractivity contribution is 8.00. The number of aryl methyl sites for hydroxylation is 1. The van der Waals surface area contributed by atoms with Gasteiger partial charge in [0.2, 0.25) is 5.91 Å². The summed E-state index contributed by atoms with van der Waals surface area (Å²) in [6, 6.07) is 8.64. The van der Waals surface area contributed by atoms with Crippen LogP contribution in [0.5, 0.6) is 0 Å². The number of rotatable bonds is 3. The third kappa shape index (κ3) is 3.06. The molecule has 1 amide bonds. The molecule has 1 atom stereocenters. The minimum Gasteiger partial charge on any atom is -0.340 e. The minimum atomic E-state index is -0.0568. The summed E-state index contributed by atoms with van der Waals surface area (Å²) in [6.45, 7) is 6.33. The zero-order valence-electron chi connectivity index (χ0n) is 16.9. The lowest BCUT2D eigenvalue weighted by atomic mass is 9.98. The van der Waals surface area contributed by atoms with Gasteiger partial charge in [-0.25, -0.2) is 15.0 Å². The zero-order chi connectivity index (χ0) is 20.8. The molecular formula is C21H21N7OS. The summed E-state index contributed by atoms with van der Waals surface area (Å²) in [4.78, 5) is 28.4. The molecule has 1 aliphatic rings. The van der Waals surface area contributed by atoms with Crippen molar-refractivity contribution in [3.8, 4) is 5.82 Å². The summed E-state index contributed by atoms with van der Waals surface area (Å²) in [5.41, 5.74) is 5.52. The summed E-state index contributed by atoms with van der Waals surface area (Å²) in [5, 5.41) is 7.78. The number of aromatic nitrogens is 6. The fourth-order valence-corrected chi connectivity index (χ4v) is 4.96. The molecule has 0 aliphatic carbocycles. The van der Waals surface area contributed by atoms with Crippen molar-refractivity contribution in [1.82, 2.24) is 29.7 Å². The smallest absolute Gasteiger partial charge is 0.235 e. The van der Waals surface area contributed by atoms with Crippen LogP contribution in [0.25, 0.3) is 17.0 Å². The Morgan fingerprint density at radius 1 is 1.17 bits per heavy atom.